The van der Waals surface area contributed by atoms with Gasteiger partial charge in [0.05, 0.1) is 13.0 Å². The maximum Gasteiger partial charge on any atom is 0.205 e. The van der Waals surface area contributed by atoms with Crippen molar-refractivity contribution in [1.82, 2.24) is 0 Å². The van der Waals surface area contributed by atoms with Crippen molar-refractivity contribution < 1.29 is 19.3 Å². The predicted molar refractivity (Wildman–Crippen MR) is 129 cm³/mol. The molecule has 1 atom stereocenters. The molecule has 0 saturated carbocycles. The van der Waals surface area contributed by atoms with E-state index >= 15 is 0 Å². The van der Waals surface area contributed by atoms with E-state index in [-0.39, 0.29) is 23.8 Å². The molecule has 6 nitrogen and oxygen atoms in total. The number of allylic oxidation sites excluding steroid dienone is 1. The third kappa shape index (κ3) is 4.55. The van der Waals surface area contributed by atoms with Crippen LogP contribution in [0.25, 0.3) is 0 Å². The Labute approximate surface area is 208 Å². The first-order valence-corrected chi connectivity index (χ1v) is 11.2. The number of hydrogen-bond donors (Lipinski definition) is 2. The number of phenols is 1. The molecule has 0 spiro atoms. The molecule has 3 N–H and O–H groups in total. The molecule has 0 radical (unpaired) electrons. The Bertz CT molecular complexity index is 1320. The molecule has 3 aromatic rings. The van der Waals surface area contributed by atoms with E-state index in [2.05, 4.69) is 22.0 Å². The summed E-state index contributed by atoms with van der Waals surface area (Å²) < 4.78 is 17.8. The normalized spacial score (nSPS) is 14.8. The number of ether oxygens (including phenoxy) is 3. The summed E-state index contributed by atoms with van der Waals surface area (Å²) in [4.78, 5) is 0. The van der Waals surface area contributed by atoms with Crippen LogP contribution in [0.15, 0.2) is 64.5 Å². The van der Waals surface area contributed by atoms with Gasteiger partial charge in [0.15, 0.2) is 11.5 Å². The summed E-state index contributed by atoms with van der Waals surface area (Å²) in [5.74, 6) is 0.780. The molecule has 3 aromatic carbocycles. The average molecular weight is 548 g/mol. The molecule has 4 rings (SSSR count). The maximum absolute atomic E-state index is 9.85. The topological polar surface area (TPSA) is 97.7 Å². The number of rotatable bonds is 5. The van der Waals surface area contributed by atoms with Crippen LogP contribution >= 0.6 is 39.1 Å². The zero-order valence-corrected chi connectivity index (χ0v) is 20.3. The van der Waals surface area contributed by atoms with Crippen molar-refractivity contribution in [2.24, 2.45) is 5.73 Å². The van der Waals surface area contributed by atoms with Gasteiger partial charge < -0.3 is 25.1 Å². The largest absolute Gasteiger partial charge is 0.508 e. The zero-order chi connectivity index (χ0) is 23.7. The van der Waals surface area contributed by atoms with Gasteiger partial charge in [-0.25, -0.2) is 0 Å². The summed E-state index contributed by atoms with van der Waals surface area (Å²) >= 11 is 15.8. The van der Waals surface area contributed by atoms with E-state index in [1.54, 1.807) is 36.4 Å². The number of fused-ring (bicyclic) bond motifs is 1. The maximum atomic E-state index is 9.85. The van der Waals surface area contributed by atoms with Crippen LogP contribution in [-0.4, -0.2) is 12.2 Å². The third-order valence-corrected chi connectivity index (χ3v) is 6.47. The molecule has 33 heavy (non-hydrogen) atoms. The Hall–Kier alpha value is -3.05. The van der Waals surface area contributed by atoms with Gasteiger partial charge in [0.2, 0.25) is 5.88 Å². The van der Waals surface area contributed by atoms with Crippen LogP contribution in [0, 0.1) is 11.3 Å². The van der Waals surface area contributed by atoms with Gasteiger partial charge in [0.1, 0.15) is 29.7 Å². The van der Waals surface area contributed by atoms with Crippen molar-refractivity contribution in [3.05, 3.63) is 91.2 Å². The lowest BCUT2D eigenvalue weighted by molar-refractivity contribution is 0.284. The molecule has 168 valence electrons. The van der Waals surface area contributed by atoms with E-state index in [0.717, 1.165) is 11.1 Å². The first-order valence-electron chi connectivity index (χ1n) is 9.67. The van der Waals surface area contributed by atoms with Gasteiger partial charge in [-0.1, -0.05) is 51.3 Å². The van der Waals surface area contributed by atoms with Crippen molar-refractivity contribution >= 4 is 39.1 Å². The van der Waals surface area contributed by atoms with E-state index in [9.17, 15) is 10.4 Å². The summed E-state index contributed by atoms with van der Waals surface area (Å²) in [6, 6.07) is 15.6. The van der Waals surface area contributed by atoms with Gasteiger partial charge in [-0.3, -0.25) is 0 Å². The van der Waals surface area contributed by atoms with Crippen LogP contribution < -0.4 is 19.9 Å². The average Bonchev–Trinajstić information content (AvgIpc) is 2.77. The first kappa shape index (κ1) is 23.1. The number of aromatic hydroxyl groups is 1. The van der Waals surface area contributed by atoms with Crippen LogP contribution in [0.3, 0.4) is 0 Å². The van der Waals surface area contributed by atoms with Crippen LogP contribution in [-0.2, 0) is 6.61 Å². The number of nitriles is 1. The second-order valence-corrected chi connectivity index (χ2v) is 8.89. The summed E-state index contributed by atoms with van der Waals surface area (Å²) in [6.45, 7) is 0.202. The zero-order valence-electron chi connectivity index (χ0n) is 17.2. The van der Waals surface area contributed by atoms with E-state index < -0.39 is 5.92 Å². The van der Waals surface area contributed by atoms with Crippen molar-refractivity contribution in [2.75, 3.05) is 7.11 Å². The fourth-order valence-corrected chi connectivity index (χ4v) is 4.62. The SMILES string of the molecule is COc1cc([C@@H]2C(C#N)=C(N)Oc3cc(O)ccc32)c(Br)cc1OCc1ccc(Cl)cc1Cl. The number of phenolic OH excluding ortho intramolecular Hbond substituents is 1. The molecular formula is C24H17BrCl2N2O4. The summed E-state index contributed by atoms with van der Waals surface area (Å²) in [6.07, 6.45) is 0. The molecule has 0 bridgehead atoms. The highest BCUT2D eigenvalue weighted by Crippen LogP contribution is 2.47. The molecule has 0 saturated heterocycles. The summed E-state index contributed by atoms with van der Waals surface area (Å²) in [5, 5.41) is 20.7. The fraction of sp³-hybridized carbons (Fsp3) is 0.125. The lowest BCUT2D eigenvalue weighted by Crippen LogP contribution is -2.21. The van der Waals surface area contributed by atoms with Crippen LogP contribution in [0.5, 0.6) is 23.0 Å². The molecule has 0 aromatic heterocycles. The van der Waals surface area contributed by atoms with Crippen LogP contribution in [0.1, 0.15) is 22.6 Å². The highest BCUT2D eigenvalue weighted by atomic mass is 79.9. The summed E-state index contributed by atoms with van der Waals surface area (Å²) in [7, 11) is 1.53. The lowest BCUT2D eigenvalue weighted by Gasteiger charge is -2.27. The lowest BCUT2D eigenvalue weighted by atomic mass is 9.83. The van der Waals surface area contributed by atoms with E-state index in [1.165, 1.54) is 19.2 Å². The van der Waals surface area contributed by atoms with Gasteiger partial charge in [-0.05, 0) is 35.9 Å². The Morgan fingerprint density at radius 2 is 1.91 bits per heavy atom. The van der Waals surface area contributed by atoms with Gasteiger partial charge in [0.25, 0.3) is 0 Å². The molecule has 1 aliphatic rings. The summed E-state index contributed by atoms with van der Waals surface area (Å²) in [5.41, 5.74) is 8.45. The van der Waals surface area contributed by atoms with Crippen molar-refractivity contribution in [2.45, 2.75) is 12.5 Å². The number of halogens is 3. The fourth-order valence-electron chi connectivity index (χ4n) is 3.60. The Balaban J connectivity index is 1.74. The van der Waals surface area contributed by atoms with Crippen LogP contribution in [0.2, 0.25) is 10.0 Å². The monoisotopic (exact) mass is 546 g/mol. The highest BCUT2D eigenvalue weighted by Gasteiger charge is 2.33. The Kier molecular flexibility index (Phi) is 6.61. The van der Waals surface area contributed by atoms with E-state index in [0.29, 0.717) is 37.3 Å². The van der Waals surface area contributed by atoms with Crippen molar-refractivity contribution in [1.29, 1.82) is 5.26 Å². The minimum atomic E-state index is -0.539. The van der Waals surface area contributed by atoms with Crippen molar-refractivity contribution in [3.63, 3.8) is 0 Å². The molecule has 0 aliphatic carbocycles. The molecular weight excluding hydrogens is 531 g/mol. The number of methoxy groups -OCH3 is 1. The second kappa shape index (κ2) is 9.44. The Morgan fingerprint density at radius 3 is 2.61 bits per heavy atom. The highest BCUT2D eigenvalue weighted by molar-refractivity contribution is 9.10. The number of nitrogens with two attached hydrogens (primary N) is 1. The smallest absolute Gasteiger partial charge is 0.205 e. The van der Waals surface area contributed by atoms with Crippen LogP contribution in [0.4, 0.5) is 0 Å². The molecule has 0 unspecified atom stereocenters. The standard InChI is InChI=1S/C24H17BrCl2N2O4/c1-31-21-8-16(18(25)9-22(21)32-11-12-2-3-13(26)6-19(12)27)23-15-5-4-14(30)7-20(15)33-24(29)17(23)10-28/h2-9,23,30H,11,29H2,1H3/t23-/m1/s1. The molecule has 0 amide bonds. The molecule has 1 heterocycles. The number of benzene rings is 3. The number of nitrogens with zero attached hydrogens (tertiary/aromatic N) is 1. The van der Waals surface area contributed by atoms with E-state index in [1.807, 2.05) is 0 Å². The predicted octanol–water partition coefficient (Wildman–Crippen LogP) is 6.27. The van der Waals surface area contributed by atoms with Crippen molar-refractivity contribution in [3.8, 4) is 29.1 Å². The molecule has 0 fully saturated rings. The van der Waals surface area contributed by atoms with E-state index in [4.69, 9.17) is 43.1 Å². The first-order chi connectivity index (χ1) is 15.8. The van der Waals surface area contributed by atoms with Gasteiger partial charge in [0, 0.05) is 31.7 Å². The number of hydrogen-bond acceptors (Lipinski definition) is 6. The minimum Gasteiger partial charge on any atom is -0.508 e. The second-order valence-electron chi connectivity index (χ2n) is 7.20. The minimum absolute atomic E-state index is 0.0239. The third-order valence-electron chi connectivity index (χ3n) is 5.19. The Morgan fingerprint density at radius 1 is 1.12 bits per heavy atom. The van der Waals surface area contributed by atoms with Gasteiger partial charge in [-0.2, -0.15) is 5.26 Å². The quantitative estimate of drug-likeness (QED) is 0.391. The molecule has 1 aliphatic heterocycles. The van der Waals surface area contributed by atoms with Gasteiger partial charge >= 0.3 is 0 Å². The molecule has 9 heteroatoms. The van der Waals surface area contributed by atoms with Gasteiger partial charge in [-0.15, -0.1) is 0 Å².